The number of thiophene rings is 1. The molecule has 0 atom stereocenters. The molecule has 7 nitrogen and oxygen atoms in total. The molecule has 0 spiro atoms. The molecular weight excluding hydrogens is 392 g/mol. The number of ketones is 1. The number of nitrogens with zero attached hydrogens (tertiary/aromatic N) is 2. The van der Waals surface area contributed by atoms with E-state index in [1.165, 1.54) is 0 Å². The van der Waals surface area contributed by atoms with Crippen LogP contribution in [0.2, 0.25) is 0 Å². The van der Waals surface area contributed by atoms with Gasteiger partial charge in [0.2, 0.25) is 0 Å². The van der Waals surface area contributed by atoms with Gasteiger partial charge in [0.1, 0.15) is 0 Å². The van der Waals surface area contributed by atoms with Crippen LogP contribution in [0.3, 0.4) is 0 Å². The number of carboxylic acids is 1. The summed E-state index contributed by atoms with van der Waals surface area (Å²) in [5.74, 6) is 0.0558. The zero-order chi connectivity index (χ0) is 20.1. The first kappa shape index (κ1) is 18.7. The van der Waals surface area contributed by atoms with Gasteiger partial charge in [-0.05, 0) is 56.4 Å². The number of allylic oxidation sites excluding steroid dienone is 1. The molecule has 1 N–H and O–H groups in total. The second-order valence-corrected chi connectivity index (χ2v) is 9.22. The lowest BCUT2D eigenvalue weighted by Gasteiger charge is -2.38. The van der Waals surface area contributed by atoms with Gasteiger partial charge >= 0.3 is 5.97 Å². The summed E-state index contributed by atoms with van der Waals surface area (Å²) >= 11 is 1.54. The number of Topliss-reactive ketones (excluding diaryl/α,β-unsaturated/α-hetero) is 1. The molecule has 0 radical (unpaired) electrons. The van der Waals surface area contributed by atoms with Crippen molar-refractivity contribution in [3.63, 3.8) is 0 Å². The Bertz CT molecular complexity index is 1030. The highest BCUT2D eigenvalue weighted by atomic mass is 32.1. The zero-order valence-corrected chi connectivity index (χ0v) is 17.0. The number of ether oxygens (including phenoxy) is 1. The van der Waals surface area contributed by atoms with E-state index in [0.29, 0.717) is 36.1 Å². The van der Waals surface area contributed by atoms with Gasteiger partial charge in [-0.1, -0.05) is 5.16 Å². The van der Waals surface area contributed by atoms with E-state index in [9.17, 15) is 14.7 Å². The summed E-state index contributed by atoms with van der Waals surface area (Å²) in [5.41, 5.74) is 2.87. The number of carbonyl (C=O) groups is 2. The fourth-order valence-corrected chi connectivity index (χ4v) is 6.36. The monoisotopic (exact) mass is 414 g/mol. The Labute approximate surface area is 171 Å². The van der Waals surface area contributed by atoms with Gasteiger partial charge in [0, 0.05) is 27.3 Å². The third kappa shape index (κ3) is 3.14. The molecule has 1 fully saturated rings. The van der Waals surface area contributed by atoms with Crippen molar-refractivity contribution in [1.82, 2.24) is 10.1 Å². The zero-order valence-electron chi connectivity index (χ0n) is 16.2. The van der Waals surface area contributed by atoms with Gasteiger partial charge in [-0.2, -0.15) is 4.98 Å². The third-order valence-electron chi connectivity index (χ3n) is 6.32. The highest BCUT2D eigenvalue weighted by molar-refractivity contribution is 7.12. The first-order valence-electron chi connectivity index (χ1n) is 10.0. The average Bonchev–Trinajstić information content (AvgIpc) is 3.30. The molecule has 1 aliphatic heterocycles. The molecule has 6 rings (SSSR count). The van der Waals surface area contributed by atoms with E-state index in [1.807, 2.05) is 0 Å². The Morgan fingerprint density at radius 3 is 2.55 bits per heavy atom. The molecule has 2 bridgehead atoms. The van der Waals surface area contributed by atoms with E-state index < -0.39 is 5.97 Å². The van der Waals surface area contributed by atoms with Crippen molar-refractivity contribution in [2.24, 2.45) is 11.8 Å². The lowest BCUT2D eigenvalue weighted by Crippen LogP contribution is -2.34. The van der Waals surface area contributed by atoms with Gasteiger partial charge in [-0.15, -0.1) is 11.3 Å². The normalized spacial score (nSPS) is 23.3. The summed E-state index contributed by atoms with van der Waals surface area (Å²) < 4.78 is 11.0. The second kappa shape index (κ2) is 7.18. The van der Waals surface area contributed by atoms with Crippen molar-refractivity contribution < 1.29 is 24.0 Å². The van der Waals surface area contributed by atoms with Crippen LogP contribution in [-0.4, -0.2) is 33.6 Å². The van der Waals surface area contributed by atoms with Crippen molar-refractivity contribution in [3.8, 4) is 11.5 Å². The topological polar surface area (TPSA) is 103 Å². The number of carbonyl (C=O) groups excluding carboxylic acids is 1. The van der Waals surface area contributed by atoms with Gasteiger partial charge in [-0.3, -0.25) is 4.79 Å². The first-order valence-corrected chi connectivity index (χ1v) is 10.9. The van der Waals surface area contributed by atoms with Gasteiger partial charge in [0.15, 0.2) is 11.6 Å². The Morgan fingerprint density at radius 2 is 1.90 bits per heavy atom. The van der Waals surface area contributed by atoms with E-state index >= 15 is 0 Å². The predicted octanol–water partition coefficient (Wildman–Crippen LogP) is 3.49. The smallest absolute Gasteiger partial charge is 0.332 e. The van der Waals surface area contributed by atoms with E-state index in [4.69, 9.17) is 9.26 Å². The second-order valence-electron chi connectivity index (χ2n) is 8.03. The molecule has 1 saturated carbocycles. The molecule has 2 aromatic rings. The Kier molecular flexibility index (Phi) is 4.63. The van der Waals surface area contributed by atoms with Gasteiger partial charge in [0.05, 0.1) is 18.8 Å². The van der Waals surface area contributed by atoms with E-state index in [0.717, 1.165) is 53.0 Å². The molecule has 2 aromatic heterocycles. The number of aryl methyl sites for hydroxylation is 1. The summed E-state index contributed by atoms with van der Waals surface area (Å²) in [6.45, 7) is 2.90. The maximum absolute atomic E-state index is 13.4. The maximum atomic E-state index is 13.4. The first-order chi connectivity index (χ1) is 14.0. The molecule has 29 heavy (non-hydrogen) atoms. The van der Waals surface area contributed by atoms with Crippen molar-refractivity contribution >= 4 is 23.1 Å². The Hall–Kier alpha value is -2.32. The van der Waals surface area contributed by atoms with Gasteiger partial charge < -0.3 is 14.4 Å². The number of carboxylic acid groups (broad SMARTS) is 1. The number of aromatic nitrogens is 2. The van der Waals surface area contributed by atoms with Crippen LogP contribution in [-0.2, 0) is 33.8 Å². The van der Waals surface area contributed by atoms with Crippen molar-refractivity contribution in [2.45, 2.75) is 52.1 Å². The van der Waals surface area contributed by atoms with Crippen molar-refractivity contribution in [2.75, 3.05) is 6.61 Å². The molecule has 4 aliphatic rings. The largest absolute Gasteiger partial charge is 0.478 e. The highest BCUT2D eigenvalue weighted by Gasteiger charge is 2.41. The SMILES string of the molecule is Cc1noc(-c2c(CC(=O)C3=C(C(=O)O)C4CCC3CC4)sc3c2CCOC3)n1. The van der Waals surface area contributed by atoms with Crippen LogP contribution in [0.15, 0.2) is 15.7 Å². The minimum atomic E-state index is -0.936. The summed E-state index contributed by atoms with van der Waals surface area (Å²) in [4.78, 5) is 31.6. The molecule has 3 heterocycles. The van der Waals surface area contributed by atoms with Crippen LogP contribution in [0, 0.1) is 18.8 Å². The number of rotatable bonds is 5. The Balaban J connectivity index is 1.55. The number of aliphatic carboxylic acids is 1. The maximum Gasteiger partial charge on any atom is 0.332 e. The summed E-state index contributed by atoms with van der Waals surface area (Å²) in [6, 6.07) is 0. The molecule has 8 heteroatoms. The summed E-state index contributed by atoms with van der Waals surface area (Å²) in [7, 11) is 0. The van der Waals surface area contributed by atoms with Crippen LogP contribution >= 0.6 is 11.3 Å². The third-order valence-corrected chi connectivity index (χ3v) is 7.53. The molecule has 0 amide bonds. The molecule has 0 saturated heterocycles. The predicted molar refractivity (Wildman–Crippen MR) is 105 cm³/mol. The number of hydrogen-bond acceptors (Lipinski definition) is 7. The standard InChI is InChI=1S/C21H22N2O5S/c1-10-22-20(28-23-10)19-13-6-7-27-9-16(13)29-15(19)8-14(24)17-11-2-4-12(5-3-11)18(17)21(25)26/h11-12H,2-9H2,1H3,(H,25,26). The minimum Gasteiger partial charge on any atom is -0.478 e. The van der Waals surface area contributed by atoms with E-state index in [-0.39, 0.29) is 24.0 Å². The molecule has 3 aliphatic carbocycles. The summed E-state index contributed by atoms with van der Waals surface area (Å²) in [6.07, 6.45) is 4.48. The summed E-state index contributed by atoms with van der Waals surface area (Å²) in [5, 5.41) is 13.7. The number of hydrogen-bond donors (Lipinski definition) is 1. The lowest BCUT2D eigenvalue weighted by molar-refractivity contribution is -0.134. The van der Waals surface area contributed by atoms with E-state index in [1.54, 1.807) is 18.3 Å². The van der Waals surface area contributed by atoms with E-state index in [2.05, 4.69) is 10.1 Å². The molecule has 152 valence electrons. The van der Waals surface area contributed by atoms with Crippen LogP contribution in [0.4, 0.5) is 0 Å². The van der Waals surface area contributed by atoms with Gasteiger partial charge in [-0.25, -0.2) is 4.79 Å². The lowest BCUT2D eigenvalue weighted by atomic mass is 9.65. The van der Waals surface area contributed by atoms with Crippen LogP contribution < -0.4 is 0 Å². The van der Waals surface area contributed by atoms with Crippen molar-refractivity contribution in [1.29, 1.82) is 0 Å². The Morgan fingerprint density at radius 1 is 1.17 bits per heavy atom. The van der Waals surface area contributed by atoms with Crippen LogP contribution in [0.5, 0.6) is 0 Å². The van der Waals surface area contributed by atoms with Crippen molar-refractivity contribution in [3.05, 3.63) is 32.3 Å². The average molecular weight is 414 g/mol. The van der Waals surface area contributed by atoms with Crippen LogP contribution in [0.25, 0.3) is 11.5 Å². The molecule has 0 aromatic carbocycles. The highest BCUT2D eigenvalue weighted by Crippen LogP contribution is 2.47. The fourth-order valence-electron chi connectivity index (χ4n) is 5.08. The molecule has 0 unspecified atom stereocenters. The fraction of sp³-hybridized carbons (Fsp3) is 0.524. The number of fused-ring (bicyclic) bond motifs is 3. The van der Waals surface area contributed by atoms with Crippen LogP contribution in [0.1, 0.15) is 46.8 Å². The molecular formula is C21H22N2O5S. The van der Waals surface area contributed by atoms with Gasteiger partial charge in [0.25, 0.3) is 5.89 Å². The minimum absolute atomic E-state index is 0.0134. The quantitative estimate of drug-likeness (QED) is 0.799.